The summed E-state index contributed by atoms with van der Waals surface area (Å²) in [6.45, 7) is 0. The van der Waals surface area contributed by atoms with Gasteiger partial charge in [-0.2, -0.15) is 17.2 Å². The SMILES string of the molecule is COc1cc(CC2CCCCC2)c(F)cc1-c1c(S(=O)(=O)Oc2c(F)c(F)c(F)c(F)c2F)ccc2[nH]c(=O)ccc12. The van der Waals surface area contributed by atoms with Gasteiger partial charge in [-0.3, -0.25) is 4.79 Å². The van der Waals surface area contributed by atoms with Gasteiger partial charge in [0.05, 0.1) is 7.11 Å². The molecule has 222 valence electrons. The summed E-state index contributed by atoms with van der Waals surface area (Å²) in [5, 5.41) is 0.0365. The first-order valence-corrected chi connectivity index (χ1v) is 14.3. The largest absolute Gasteiger partial charge is 0.496 e. The predicted octanol–water partition coefficient (Wildman–Crippen LogP) is 6.93. The van der Waals surface area contributed by atoms with Gasteiger partial charge in [0.25, 0.3) is 0 Å². The number of rotatable bonds is 7. The van der Waals surface area contributed by atoms with Crippen molar-refractivity contribution in [2.45, 2.75) is 43.4 Å². The van der Waals surface area contributed by atoms with E-state index in [9.17, 15) is 35.2 Å². The van der Waals surface area contributed by atoms with Crippen molar-refractivity contribution in [2.24, 2.45) is 5.92 Å². The van der Waals surface area contributed by atoms with E-state index < -0.39 is 61.2 Å². The number of aromatic amines is 1. The summed E-state index contributed by atoms with van der Waals surface area (Å²) in [6.07, 6.45) is 5.43. The van der Waals surface area contributed by atoms with Crippen LogP contribution in [0.5, 0.6) is 11.5 Å². The van der Waals surface area contributed by atoms with Crippen molar-refractivity contribution in [1.29, 1.82) is 0 Å². The highest BCUT2D eigenvalue weighted by Crippen LogP contribution is 2.42. The fourth-order valence-electron chi connectivity index (χ4n) is 5.33. The molecule has 1 saturated carbocycles. The molecule has 0 aliphatic heterocycles. The molecule has 1 aliphatic rings. The van der Waals surface area contributed by atoms with Gasteiger partial charge in [-0.15, -0.1) is 0 Å². The van der Waals surface area contributed by atoms with Gasteiger partial charge >= 0.3 is 10.1 Å². The van der Waals surface area contributed by atoms with Crippen LogP contribution in [-0.4, -0.2) is 20.5 Å². The number of hydrogen-bond acceptors (Lipinski definition) is 5. The third-order valence-electron chi connectivity index (χ3n) is 7.37. The van der Waals surface area contributed by atoms with E-state index in [1.807, 2.05) is 0 Å². The molecular formula is C29H23F6NO5S. The fraction of sp³-hybridized carbons (Fsp3) is 0.276. The molecule has 0 amide bonds. The Morgan fingerprint density at radius 2 is 1.50 bits per heavy atom. The van der Waals surface area contributed by atoms with Gasteiger partial charge in [0.15, 0.2) is 0 Å². The highest BCUT2D eigenvalue weighted by Gasteiger charge is 2.33. The molecule has 0 unspecified atom stereocenters. The molecule has 6 nitrogen and oxygen atoms in total. The normalized spacial score (nSPS) is 14.4. The van der Waals surface area contributed by atoms with E-state index in [0.29, 0.717) is 12.0 Å². The van der Waals surface area contributed by atoms with E-state index in [0.717, 1.165) is 56.4 Å². The monoisotopic (exact) mass is 611 g/mol. The number of nitrogens with one attached hydrogen (secondary N) is 1. The smallest absolute Gasteiger partial charge is 0.340 e. The van der Waals surface area contributed by atoms with Crippen molar-refractivity contribution in [3.8, 4) is 22.6 Å². The molecule has 1 aliphatic carbocycles. The minimum Gasteiger partial charge on any atom is -0.496 e. The van der Waals surface area contributed by atoms with Gasteiger partial charge in [-0.05, 0) is 48.2 Å². The van der Waals surface area contributed by atoms with Gasteiger partial charge in [-0.1, -0.05) is 32.1 Å². The molecule has 0 saturated heterocycles. The number of hydrogen-bond donors (Lipinski definition) is 1. The first-order chi connectivity index (χ1) is 19.9. The second-order valence-electron chi connectivity index (χ2n) is 10.0. The third kappa shape index (κ3) is 5.33. The van der Waals surface area contributed by atoms with E-state index in [1.54, 1.807) is 0 Å². The molecule has 1 fully saturated rings. The zero-order valence-corrected chi connectivity index (χ0v) is 22.8. The van der Waals surface area contributed by atoms with Crippen LogP contribution < -0.4 is 14.5 Å². The number of ether oxygens (including phenoxy) is 1. The molecule has 42 heavy (non-hydrogen) atoms. The first kappa shape index (κ1) is 29.5. The Bertz CT molecular complexity index is 1840. The van der Waals surface area contributed by atoms with Crippen molar-refractivity contribution in [3.63, 3.8) is 0 Å². The summed E-state index contributed by atoms with van der Waals surface area (Å²) in [6, 6.07) is 6.78. The highest BCUT2D eigenvalue weighted by molar-refractivity contribution is 7.87. The zero-order chi connectivity index (χ0) is 30.3. The van der Waals surface area contributed by atoms with Crippen molar-refractivity contribution in [3.05, 3.63) is 87.2 Å². The van der Waals surface area contributed by atoms with Crippen molar-refractivity contribution in [1.82, 2.24) is 4.98 Å². The second-order valence-corrected chi connectivity index (χ2v) is 11.5. The maximum Gasteiger partial charge on any atom is 0.340 e. The molecule has 1 heterocycles. The molecule has 1 aromatic heterocycles. The summed E-state index contributed by atoms with van der Waals surface area (Å²) in [7, 11) is -4.09. The first-order valence-electron chi connectivity index (χ1n) is 12.9. The Morgan fingerprint density at radius 3 is 2.14 bits per heavy atom. The number of benzene rings is 3. The van der Waals surface area contributed by atoms with Crippen LogP contribution in [-0.2, 0) is 16.5 Å². The maximum absolute atomic E-state index is 15.6. The van der Waals surface area contributed by atoms with Gasteiger partial charge in [0.1, 0.15) is 16.5 Å². The Balaban J connectivity index is 1.71. The summed E-state index contributed by atoms with van der Waals surface area (Å²) >= 11 is 0. The number of methoxy groups -OCH3 is 1. The molecule has 0 bridgehead atoms. The number of halogens is 6. The number of fused-ring (bicyclic) bond motifs is 1. The minimum absolute atomic E-state index is 0.0357. The molecule has 0 spiro atoms. The summed E-state index contributed by atoms with van der Waals surface area (Å²) in [4.78, 5) is 13.6. The average molecular weight is 612 g/mol. The van der Waals surface area contributed by atoms with Crippen LogP contribution in [0, 0.1) is 40.8 Å². The lowest BCUT2D eigenvalue weighted by Gasteiger charge is -2.23. The zero-order valence-electron chi connectivity index (χ0n) is 22.0. The lowest BCUT2D eigenvalue weighted by Crippen LogP contribution is -2.16. The van der Waals surface area contributed by atoms with Crippen molar-refractivity contribution < 1.29 is 43.7 Å². The van der Waals surface area contributed by atoms with Crippen LogP contribution in [0.2, 0.25) is 0 Å². The molecule has 13 heteroatoms. The number of H-pyrrole nitrogens is 1. The standard InChI is InChI=1S/C29H23F6NO5S/c1-40-20-12-15(11-14-5-3-2-4-6-14)18(30)13-17(20)23-16-7-10-22(37)36-19(16)8-9-21(23)42(38,39)41-29-27(34)25(32)24(31)26(33)28(29)35/h7-10,12-14H,2-6,11H2,1H3,(H,36,37). The quantitative estimate of drug-likeness (QED) is 0.106. The average Bonchev–Trinajstić information content (AvgIpc) is 2.98. The van der Waals surface area contributed by atoms with Gasteiger partial charge in [0.2, 0.25) is 40.4 Å². The Kier molecular flexibility index (Phi) is 7.97. The van der Waals surface area contributed by atoms with Crippen LogP contribution in [0.25, 0.3) is 22.0 Å². The van der Waals surface area contributed by atoms with Crippen LogP contribution in [0.15, 0.2) is 46.1 Å². The molecule has 4 aromatic rings. The fourth-order valence-corrected chi connectivity index (χ4v) is 6.49. The van der Waals surface area contributed by atoms with Crippen LogP contribution in [0.3, 0.4) is 0 Å². The third-order valence-corrected chi connectivity index (χ3v) is 8.63. The highest BCUT2D eigenvalue weighted by atomic mass is 32.2. The number of pyridine rings is 1. The van der Waals surface area contributed by atoms with Crippen molar-refractivity contribution >= 4 is 21.0 Å². The van der Waals surface area contributed by atoms with E-state index in [2.05, 4.69) is 9.17 Å². The maximum atomic E-state index is 15.6. The van der Waals surface area contributed by atoms with E-state index in [1.165, 1.54) is 19.2 Å². The van der Waals surface area contributed by atoms with E-state index in [4.69, 9.17) is 4.74 Å². The lowest BCUT2D eigenvalue weighted by atomic mass is 9.84. The van der Waals surface area contributed by atoms with Gasteiger partial charge < -0.3 is 13.9 Å². The van der Waals surface area contributed by atoms with Gasteiger partial charge in [0, 0.05) is 28.1 Å². The molecular weight excluding hydrogens is 588 g/mol. The molecule has 5 rings (SSSR count). The van der Waals surface area contributed by atoms with Crippen molar-refractivity contribution in [2.75, 3.05) is 7.11 Å². The molecule has 0 atom stereocenters. The molecule has 1 N–H and O–H groups in total. The molecule has 0 radical (unpaired) electrons. The Hall–Kier alpha value is -4.00. The Labute approximate surface area is 236 Å². The second kappa shape index (κ2) is 11.3. The van der Waals surface area contributed by atoms with Crippen LogP contribution in [0.4, 0.5) is 26.3 Å². The van der Waals surface area contributed by atoms with E-state index >= 15 is 4.39 Å². The summed E-state index contributed by atoms with van der Waals surface area (Å²) < 4.78 is 122. The Morgan fingerprint density at radius 1 is 0.857 bits per heavy atom. The summed E-state index contributed by atoms with van der Waals surface area (Å²) in [5.74, 6) is -14.8. The predicted molar refractivity (Wildman–Crippen MR) is 141 cm³/mol. The van der Waals surface area contributed by atoms with E-state index in [-0.39, 0.29) is 33.7 Å². The lowest BCUT2D eigenvalue weighted by molar-refractivity contribution is 0.347. The minimum atomic E-state index is -5.36. The van der Waals surface area contributed by atoms with Gasteiger partial charge in [-0.25, -0.2) is 17.6 Å². The summed E-state index contributed by atoms with van der Waals surface area (Å²) in [5.41, 5.74) is -0.547. The number of aromatic nitrogens is 1. The topological polar surface area (TPSA) is 85.5 Å². The van der Waals surface area contributed by atoms with Crippen LogP contribution in [0.1, 0.15) is 37.7 Å². The molecule has 3 aromatic carbocycles. The van der Waals surface area contributed by atoms with Crippen LogP contribution >= 0.6 is 0 Å².